The Morgan fingerprint density at radius 3 is 2.29 bits per heavy atom. The molecule has 0 aromatic heterocycles. The highest BCUT2D eigenvalue weighted by Gasteiger charge is 2.16. The number of aryl methyl sites for hydroxylation is 1. The van der Waals surface area contributed by atoms with E-state index in [0.29, 0.717) is 36.8 Å². The van der Waals surface area contributed by atoms with Crippen molar-refractivity contribution in [2.75, 3.05) is 20.3 Å². The second-order valence-corrected chi connectivity index (χ2v) is 6.89. The Morgan fingerprint density at radius 1 is 1.00 bits per heavy atom. The molecule has 28 heavy (non-hydrogen) atoms. The quantitative estimate of drug-likeness (QED) is 0.670. The normalized spacial score (nSPS) is 10.7. The SMILES string of the molecule is CCOc1ccc(CNC(=O)c2cc(C(C)C)c(OC)cc2C)cc1OCC. The van der Waals surface area contributed by atoms with Crippen LogP contribution in [0.4, 0.5) is 0 Å². The third kappa shape index (κ3) is 5.18. The Balaban J connectivity index is 2.18. The zero-order valence-corrected chi connectivity index (χ0v) is 17.7. The maximum absolute atomic E-state index is 12.8. The van der Waals surface area contributed by atoms with Crippen molar-refractivity contribution in [1.29, 1.82) is 0 Å². The largest absolute Gasteiger partial charge is 0.496 e. The first kappa shape index (κ1) is 21.6. The summed E-state index contributed by atoms with van der Waals surface area (Å²) in [5, 5.41) is 3.00. The minimum Gasteiger partial charge on any atom is -0.496 e. The Kier molecular flexibility index (Phi) is 7.73. The van der Waals surface area contributed by atoms with E-state index in [2.05, 4.69) is 19.2 Å². The number of amides is 1. The summed E-state index contributed by atoms with van der Waals surface area (Å²) in [7, 11) is 1.66. The van der Waals surface area contributed by atoms with Crippen molar-refractivity contribution in [3.8, 4) is 17.2 Å². The van der Waals surface area contributed by atoms with Gasteiger partial charge in [0.15, 0.2) is 11.5 Å². The van der Waals surface area contributed by atoms with Crippen molar-refractivity contribution >= 4 is 5.91 Å². The summed E-state index contributed by atoms with van der Waals surface area (Å²) in [5.41, 5.74) is 3.54. The Hall–Kier alpha value is -2.69. The van der Waals surface area contributed by atoms with Crippen LogP contribution < -0.4 is 19.5 Å². The molecule has 0 saturated carbocycles. The van der Waals surface area contributed by atoms with Crippen LogP contribution in [0.1, 0.15) is 60.7 Å². The highest BCUT2D eigenvalue weighted by molar-refractivity contribution is 5.96. The molecule has 0 aliphatic heterocycles. The van der Waals surface area contributed by atoms with Gasteiger partial charge in [-0.3, -0.25) is 4.79 Å². The maximum Gasteiger partial charge on any atom is 0.251 e. The Labute approximate surface area is 168 Å². The summed E-state index contributed by atoms with van der Waals surface area (Å²) in [6.07, 6.45) is 0. The lowest BCUT2D eigenvalue weighted by atomic mass is 9.96. The molecule has 2 aromatic carbocycles. The van der Waals surface area contributed by atoms with Crippen LogP contribution in [0.3, 0.4) is 0 Å². The number of benzene rings is 2. The van der Waals surface area contributed by atoms with Gasteiger partial charge in [-0.25, -0.2) is 0 Å². The standard InChI is InChI=1S/C23H31NO4/c1-7-27-20-10-9-17(12-22(20)28-8-2)14-24-23(25)19-13-18(15(3)4)21(26-6)11-16(19)5/h9-13,15H,7-8,14H2,1-6H3,(H,24,25). The molecule has 0 spiro atoms. The molecular formula is C23H31NO4. The molecule has 0 aliphatic rings. The van der Waals surface area contributed by atoms with E-state index in [1.807, 2.05) is 51.1 Å². The smallest absolute Gasteiger partial charge is 0.251 e. The van der Waals surface area contributed by atoms with Gasteiger partial charge in [0.05, 0.1) is 20.3 Å². The number of nitrogens with one attached hydrogen (secondary N) is 1. The van der Waals surface area contributed by atoms with E-state index in [9.17, 15) is 4.79 Å². The fourth-order valence-electron chi connectivity index (χ4n) is 3.05. The van der Waals surface area contributed by atoms with Crippen LogP contribution in [0.5, 0.6) is 17.2 Å². The maximum atomic E-state index is 12.8. The van der Waals surface area contributed by atoms with Gasteiger partial charge >= 0.3 is 0 Å². The lowest BCUT2D eigenvalue weighted by Gasteiger charge is -2.16. The van der Waals surface area contributed by atoms with Crippen LogP contribution in [0.15, 0.2) is 30.3 Å². The number of rotatable bonds is 9. The highest BCUT2D eigenvalue weighted by Crippen LogP contribution is 2.30. The molecule has 1 N–H and O–H groups in total. The van der Waals surface area contributed by atoms with Gasteiger partial charge < -0.3 is 19.5 Å². The predicted octanol–water partition coefficient (Wildman–Crippen LogP) is 4.85. The fraction of sp³-hybridized carbons (Fsp3) is 0.435. The van der Waals surface area contributed by atoms with Crippen molar-refractivity contribution in [3.63, 3.8) is 0 Å². The van der Waals surface area contributed by atoms with Crippen molar-refractivity contribution in [1.82, 2.24) is 5.32 Å². The molecule has 152 valence electrons. The summed E-state index contributed by atoms with van der Waals surface area (Å²) in [5.74, 6) is 2.39. The Morgan fingerprint density at radius 2 is 1.68 bits per heavy atom. The van der Waals surface area contributed by atoms with Gasteiger partial charge in [-0.1, -0.05) is 19.9 Å². The van der Waals surface area contributed by atoms with E-state index in [0.717, 1.165) is 22.4 Å². The van der Waals surface area contributed by atoms with Crippen molar-refractivity contribution in [2.24, 2.45) is 0 Å². The molecule has 0 atom stereocenters. The third-order valence-electron chi connectivity index (χ3n) is 4.50. The lowest BCUT2D eigenvalue weighted by molar-refractivity contribution is 0.0950. The van der Waals surface area contributed by atoms with Crippen LogP contribution in [-0.2, 0) is 6.54 Å². The second kappa shape index (κ2) is 10.0. The van der Waals surface area contributed by atoms with Crippen molar-refractivity contribution in [3.05, 3.63) is 52.6 Å². The molecule has 2 aromatic rings. The first-order valence-corrected chi connectivity index (χ1v) is 9.76. The van der Waals surface area contributed by atoms with Gasteiger partial charge in [0, 0.05) is 12.1 Å². The summed E-state index contributed by atoms with van der Waals surface area (Å²) >= 11 is 0. The fourth-order valence-corrected chi connectivity index (χ4v) is 3.05. The molecule has 5 nitrogen and oxygen atoms in total. The van der Waals surface area contributed by atoms with Gasteiger partial charge in [-0.2, -0.15) is 0 Å². The molecule has 0 saturated heterocycles. The third-order valence-corrected chi connectivity index (χ3v) is 4.50. The predicted molar refractivity (Wildman–Crippen MR) is 112 cm³/mol. The molecule has 0 bridgehead atoms. The van der Waals surface area contributed by atoms with Gasteiger partial charge in [-0.15, -0.1) is 0 Å². The first-order chi connectivity index (χ1) is 13.4. The first-order valence-electron chi connectivity index (χ1n) is 9.76. The summed E-state index contributed by atoms with van der Waals surface area (Å²) in [6, 6.07) is 9.58. The van der Waals surface area contributed by atoms with E-state index < -0.39 is 0 Å². The average molecular weight is 386 g/mol. The average Bonchev–Trinajstić information content (AvgIpc) is 2.67. The number of hydrogen-bond acceptors (Lipinski definition) is 4. The molecule has 5 heteroatoms. The number of carbonyl (C=O) groups excluding carboxylic acids is 1. The number of hydrogen-bond donors (Lipinski definition) is 1. The summed E-state index contributed by atoms with van der Waals surface area (Å²) in [6.45, 7) is 11.5. The van der Waals surface area contributed by atoms with Crippen LogP contribution in [-0.4, -0.2) is 26.2 Å². The lowest BCUT2D eigenvalue weighted by Crippen LogP contribution is -2.24. The van der Waals surface area contributed by atoms with Crippen molar-refractivity contribution in [2.45, 2.75) is 47.1 Å². The number of ether oxygens (including phenoxy) is 3. The van der Waals surface area contributed by atoms with E-state index in [-0.39, 0.29) is 11.8 Å². The van der Waals surface area contributed by atoms with E-state index in [1.54, 1.807) is 7.11 Å². The van der Waals surface area contributed by atoms with Crippen LogP contribution >= 0.6 is 0 Å². The molecule has 0 fully saturated rings. The summed E-state index contributed by atoms with van der Waals surface area (Å²) in [4.78, 5) is 12.8. The van der Waals surface area contributed by atoms with Crippen LogP contribution in [0, 0.1) is 6.92 Å². The monoisotopic (exact) mass is 385 g/mol. The molecular weight excluding hydrogens is 354 g/mol. The molecule has 1 amide bonds. The van der Waals surface area contributed by atoms with Crippen LogP contribution in [0.25, 0.3) is 0 Å². The topological polar surface area (TPSA) is 56.8 Å². The molecule has 0 unspecified atom stereocenters. The van der Waals surface area contributed by atoms with Gasteiger partial charge in [-0.05, 0) is 67.6 Å². The summed E-state index contributed by atoms with van der Waals surface area (Å²) < 4.78 is 16.7. The zero-order chi connectivity index (χ0) is 20.7. The zero-order valence-electron chi connectivity index (χ0n) is 17.7. The number of methoxy groups -OCH3 is 1. The molecule has 0 aliphatic carbocycles. The van der Waals surface area contributed by atoms with Crippen molar-refractivity contribution < 1.29 is 19.0 Å². The minimum absolute atomic E-state index is 0.103. The minimum atomic E-state index is -0.103. The molecule has 0 heterocycles. The van der Waals surface area contributed by atoms with Crippen LogP contribution in [0.2, 0.25) is 0 Å². The highest BCUT2D eigenvalue weighted by atomic mass is 16.5. The molecule has 0 radical (unpaired) electrons. The second-order valence-electron chi connectivity index (χ2n) is 6.89. The van der Waals surface area contributed by atoms with Gasteiger partial charge in [0.25, 0.3) is 5.91 Å². The van der Waals surface area contributed by atoms with E-state index in [4.69, 9.17) is 14.2 Å². The number of carbonyl (C=O) groups is 1. The molecule has 2 rings (SSSR count). The van der Waals surface area contributed by atoms with E-state index >= 15 is 0 Å². The van der Waals surface area contributed by atoms with Gasteiger partial charge in [0.1, 0.15) is 5.75 Å². The van der Waals surface area contributed by atoms with E-state index in [1.165, 1.54) is 0 Å². The van der Waals surface area contributed by atoms with Gasteiger partial charge in [0.2, 0.25) is 0 Å². The Bertz CT molecular complexity index is 814.